The summed E-state index contributed by atoms with van der Waals surface area (Å²) in [5, 5.41) is 5.42. The number of benzene rings is 1. The Morgan fingerprint density at radius 3 is 2.10 bits per heavy atom. The Hall–Kier alpha value is -1.30. The highest BCUT2D eigenvalue weighted by Gasteiger charge is 2.67. The number of alkyl halides is 2. The van der Waals surface area contributed by atoms with Gasteiger partial charge >= 0.3 is 0 Å². The van der Waals surface area contributed by atoms with Crippen molar-refractivity contribution in [2.75, 3.05) is 24.4 Å². The van der Waals surface area contributed by atoms with E-state index in [1.807, 2.05) is 0 Å². The number of hydrogen-bond acceptors (Lipinski definition) is 3. The molecule has 2 rings (SSSR count). The van der Waals surface area contributed by atoms with Crippen LogP contribution in [0, 0.1) is 5.41 Å². The van der Waals surface area contributed by atoms with Crippen molar-refractivity contribution >= 4 is 46.4 Å². The first kappa shape index (κ1) is 16.1. The third kappa shape index (κ3) is 3.48. The van der Waals surface area contributed by atoms with E-state index in [2.05, 4.69) is 10.6 Å². The molecule has 0 radical (unpaired) electrons. The standard InChI is InChI=1S/C14H16Cl2N2O3/c1-13(8-14(13,15)16)12(20)18-10-5-3-9(4-6-10)17-11(19)7-21-2/h3-6H,7-8H2,1-2H3,(H,17,19)(H,18,20). The quantitative estimate of drug-likeness (QED) is 0.816. The van der Waals surface area contributed by atoms with Crippen LogP contribution in [-0.4, -0.2) is 29.9 Å². The highest BCUT2D eigenvalue weighted by molar-refractivity contribution is 6.53. The minimum absolute atomic E-state index is 0.00955. The molecule has 0 heterocycles. The first-order valence-corrected chi connectivity index (χ1v) is 7.12. The van der Waals surface area contributed by atoms with Crippen LogP contribution in [0.3, 0.4) is 0 Å². The normalized spacial score (nSPS) is 22.5. The molecular formula is C14H16Cl2N2O3. The Labute approximate surface area is 132 Å². The van der Waals surface area contributed by atoms with Crippen LogP contribution in [0.1, 0.15) is 13.3 Å². The summed E-state index contributed by atoms with van der Waals surface area (Å²) < 4.78 is 3.73. The molecule has 7 heteroatoms. The van der Waals surface area contributed by atoms with Gasteiger partial charge in [0.25, 0.3) is 0 Å². The maximum atomic E-state index is 12.1. The van der Waals surface area contributed by atoms with Gasteiger partial charge in [0.15, 0.2) is 0 Å². The van der Waals surface area contributed by atoms with E-state index in [9.17, 15) is 9.59 Å². The third-order valence-corrected chi connectivity index (χ3v) is 4.56. The van der Waals surface area contributed by atoms with Crippen LogP contribution in [0.15, 0.2) is 24.3 Å². The van der Waals surface area contributed by atoms with Crippen molar-refractivity contribution in [2.45, 2.75) is 17.7 Å². The molecule has 1 saturated carbocycles. The molecule has 1 aliphatic carbocycles. The molecule has 0 aromatic heterocycles. The topological polar surface area (TPSA) is 67.4 Å². The summed E-state index contributed by atoms with van der Waals surface area (Å²) in [5.74, 6) is -0.461. The summed E-state index contributed by atoms with van der Waals surface area (Å²) in [7, 11) is 1.45. The second kappa shape index (κ2) is 5.83. The molecule has 21 heavy (non-hydrogen) atoms. The number of halogens is 2. The van der Waals surface area contributed by atoms with Gasteiger partial charge in [0.05, 0.1) is 5.41 Å². The Kier molecular flexibility index (Phi) is 4.46. The second-order valence-corrected chi connectivity index (χ2v) is 6.71. The Bertz CT molecular complexity index is 560. The van der Waals surface area contributed by atoms with Gasteiger partial charge in [-0.2, -0.15) is 0 Å². The molecule has 1 unspecified atom stereocenters. The van der Waals surface area contributed by atoms with Crippen LogP contribution in [0.5, 0.6) is 0 Å². The number of carbonyl (C=O) groups excluding carboxylic acids is 2. The lowest BCUT2D eigenvalue weighted by molar-refractivity contribution is -0.121. The molecule has 2 N–H and O–H groups in total. The number of hydrogen-bond donors (Lipinski definition) is 2. The van der Waals surface area contributed by atoms with Crippen LogP contribution in [0.4, 0.5) is 11.4 Å². The van der Waals surface area contributed by atoms with Crippen LogP contribution in [-0.2, 0) is 14.3 Å². The zero-order valence-corrected chi connectivity index (χ0v) is 13.2. The van der Waals surface area contributed by atoms with Crippen LogP contribution in [0.25, 0.3) is 0 Å². The van der Waals surface area contributed by atoms with E-state index in [-0.39, 0.29) is 18.4 Å². The van der Waals surface area contributed by atoms with Gasteiger partial charge < -0.3 is 15.4 Å². The fourth-order valence-electron chi connectivity index (χ4n) is 1.88. The lowest BCUT2D eigenvalue weighted by Crippen LogP contribution is -2.25. The van der Waals surface area contributed by atoms with Crippen molar-refractivity contribution in [3.8, 4) is 0 Å². The fraction of sp³-hybridized carbons (Fsp3) is 0.429. The van der Waals surface area contributed by atoms with Crippen molar-refractivity contribution in [3.05, 3.63) is 24.3 Å². The van der Waals surface area contributed by atoms with E-state index in [4.69, 9.17) is 27.9 Å². The summed E-state index contributed by atoms with van der Waals surface area (Å²) in [5.41, 5.74) is 0.472. The monoisotopic (exact) mass is 330 g/mol. The smallest absolute Gasteiger partial charge is 0.250 e. The number of anilines is 2. The SMILES string of the molecule is COCC(=O)Nc1ccc(NC(=O)C2(C)CC2(Cl)Cl)cc1. The number of amides is 2. The average Bonchev–Trinajstić information content (AvgIpc) is 2.93. The number of methoxy groups -OCH3 is 1. The molecule has 1 fully saturated rings. The lowest BCUT2D eigenvalue weighted by atomic mass is 10.1. The van der Waals surface area contributed by atoms with Crippen molar-refractivity contribution in [3.63, 3.8) is 0 Å². The number of nitrogens with one attached hydrogen (secondary N) is 2. The van der Waals surface area contributed by atoms with Crippen molar-refractivity contribution < 1.29 is 14.3 Å². The Balaban J connectivity index is 1.94. The van der Waals surface area contributed by atoms with Crippen molar-refractivity contribution in [1.29, 1.82) is 0 Å². The van der Waals surface area contributed by atoms with Gasteiger partial charge in [-0.1, -0.05) is 0 Å². The molecule has 0 bridgehead atoms. The van der Waals surface area contributed by atoms with E-state index in [0.29, 0.717) is 17.8 Å². The molecule has 5 nitrogen and oxygen atoms in total. The predicted molar refractivity (Wildman–Crippen MR) is 82.7 cm³/mol. The van der Waals surface area contributed by atoms with Gasteiger partial charge in [0.1, 0.15) is 10.9 Å². The van der Waals surface area contributed by atoms with Gasteiger partial charge in [-0.25, -0.2) is 0 Å². The van der Waals surface area contributed by atoms with Gasteiger partial charge in [0, 0.05) is 18.5 Å². The highest BCUT2D eigenvalue weighted by atomic mass is 35.5. The van der Waals surface area contributed by atoms with Crippen LogP contribution >= 0.6 is 23.2 Å². The second-order valence-electron chi connectivity index (χ2n) is 5.23. The molecule has 1 aromatic rings. The molecule has 0 spiro atoms. The summed E-state index contributed by atoms with van der Waals surface area (Å²) in [4.78, 5) is 23.4. The molecule has 114 valence electrons. The average molecular weight is 331 g/mol. The molecule has 0 aliphatic heterocycles. The van der Waals surface area contributed by atoms with Gasteiger partial charge in [0.2, 0.25) is 11.8 Å². The number of carbonyl (C=O) groups is 2. The van der Waals surface area contributed by atoms with Crippen molar-refractivity contribution in [2.24, 2.45) is 5.41 Å². The maximum Gasteiger partial charge on any atom is 0.250 e. The largest absolute Gasteiger partial charge is 0.375 e. The van der Waals surface area contributed by atoms with E-state index in [1.54, 1.807) is 31.2 Å². The van der Waals surface area contributed by atoms with Gasteiger partial charge in [-0.3, -0.25) is 9.59 Å². The molecule has 0 saturated heterocycles. The minimum atomic E-state index is -0.995. The summed E-state index contributed by atoms with van der Waals surface area (Å²) in [6, 6.07) is 6.76. The van der Waals surface area contributed by atoms with Crippen LogP contribution < -0.4 is 10.6 Å². The van der Waals surface area contributed by atoms with E-state index in [1.165, 1.54) is 7.11 Å². The van der Waals surface area contributed by atoms with E-state index >= 15 is 0 Å². The summed E-state index contributed by atoms with van der Waals surface area (Å²) in [6.07, 6.45) is 0.431. The van der Waals surface area contributed by atoms with E-state index < -0.39 is 9.75 Å². The minimum Gasteiger partial charge on any atom is -0.375 e. The van der Waals surface area contributed by atoms with Crippen molar-refractivity contribution in [1.82, 2.24) is 0 Å². The lowest BCUT2D eigenvalue weighted by Gasteiger charge is -2.13. The van der Waals surface area contributed by atoms with E-state index in [0.717, 1.165) is 0 Å². The van der Waals surface area contributed by atoms with Gasteiger partial charge in [-0.15, -0.1) is 23.2 Å². The summed E-state index contributed by atoms with van der Waals surface area (Å²) in [6.45, 7) is 1.71. The Morgan fingerprint density at radius 1 is 1.19 bits per heavy atom. The zero-order chi connectivity index (χ0) is 15.7. The fourth-order valence-corrected chi connectivity index (χ4v) is 2.59. The third-order valence-electron chi connectivity index (χ3n) is 3.46. The maximum absolute atomic E-state index is 12.1. The molecular weight excluding hydrogens is 315 g/mol. The first-order valence-electron chi connectivity index (χ1n) is 6.37. The van der Waals surface area contributed by atoms with Crippen LogP contribution in [0.2, 0.25) is 0 Å². The Morgan fingerprint density at radius 2 is 1.67 bits per heavy atom. The predicted octanol–water partition coefficient (Wildman–Crippen LogP) is 2.79. The molecule has 1 aromatic carbocycles. The summed E-state index contributed by atoms with van der Waals surface area (Å²) >= 11 is 11.9. The molecule has 2 amide bonds. The molecule has 1 atom stereocenters. The number of ether oxygens (including phenoxy) is 1. The highest BCUT2D eigenvalue weighted by Crippen LogP contribution is 2.64. The zero-order valence-electron chi connectivity index (χ0n) is 11.7. The first-order chi connectivity index (χ1) is 9.78. The molecule has 1 aliphatic rings. The number of rotatable bonds is 5. The van der Waals surface area contributed by atoms with Gasteiger partial charge in [-0.05, 0) is 37.6 Å².